The number of nitrogens with one attached hydrogen (secondary N) is 3. The number of aliphatic carboxylic acids is 1. The highest BCUT2D eigenvalue weighted by molar-refractivity contribution is 5.92. The van der Waals surface area contributed by atoms with Gasteiger partial charge >= 0.3 is 5.97 Å². The number of hydrogen-bond donors (Lipinski definition) is 6. The Hall–Kier alpha value is -2.20. The van der Waals surface area contributed by atoms with Gasteiger partial charge in [0, 0.05) is 0 Å². The summed E-state index contributed by atoms with van der Waals surface area (Å²) in [4.78, 5) is 47.0. The zero-order valence-corrected chi connectivity index (χ0v) is 16.3. The Morgan fingerprint density at radius 2 is 1.44 bits per heavy atom. The molecule has 0 aromatic carbocycles. The molecule has 0 bridgehead atoms. The standard InChI is InChI=1S/C17H32N4O6/c1-9(2)5-11(18)15(24)19-7-14(23)20-13(8-22)16(25)21-12(17(26)27)6-10(3)4/h9-13,22H,5-8,18H2,1-4H3,(H,19,24)(H,20,23)(H,21,25)(H,26,27)/t11-,12-,13-/m0/s1. The van der Waals surface area contributed by atoms with Crippen molar-refractivity contribution in [3.8, 4) is 0 Å². The number of carboxylic acid groups (broad SMARTS) is 1. The number of carboxylic acids is 1. The van der Waals surface area contributed by atoms with Gasteiger partial charge in [-0.05, 0) is 24.7 Å². The molecule has 0 fully saturated rings. The SMILES string of the molecule is CC(C)C[C@H](NC(=O)[C@H](CO)NC(=O)CNC(=O)[C@@H](N)CC(C)C)C(=O)O. The predicted molar refractivity (Wildman–Crippen MR) is 98.5 cm³/mol. The van der Waals surface area contributed by atoms with Gasteiger partial charge in [-0.2, -0.15) is 0 Å². The predicted octanol–water partition coefficient (Wildman–Crippen LogP) is -1.43. The second-order valence-corrected chi connectivity index (χ2v) is 7.29. The first kappa shape index (κ1) is 24.8. The molecule has 0 saturated carbocycles. The van der Waals surface area contributed by atoms with E-state index in [1.54, 1.807) is 13.8 Å². The fraction of sp³-hybridized carbons (Fsp3) is 0.765. The van der Waals surface area contributed by atoms with Gasteiger partial charge in [0.05, 0.1) is 19.2 Å². The van der Waals surface area contributed by atoms with Crippen LogP contribution in [0.4, 0.5) is 0 Å². The lowest BCUT2D eigenvalue weighted by molar-refractivity contribution is -0.143. The van der Waals surface area contributed by atoms with E-state index in [1.807, 2.05) is 13.8 Å². The molecular formula is C17H32N4O6. The lowest BCUT2D eigenvalue weighted by atomic mass is 10.0. The summed E-state index contributed by atoms with van der Waals surface area (Å²) >= 11 is 0. The van der Waals surface area contributed by atoms with Crippen molar-refractivity contribution >= 4 is 23.7 Å². The largest absolute Gasteiger partial charge is 0.480 e. The number of aliphatic hydroxyl groups excluding tert-OH is 1. The van der Waals surface area contributed by atoms with Crippen molar-refractivity contribution in [2.75, 3.05) is 13.2 Å². The Morgan fingerprint density at radius 3 is 1.89 bits per heavy atom. The Balaban J connectivity index is 4.59. The average molecular weight is 388 g/mol. The van der Waals surface area contributed by atoms with E-state index < -0.39 is 55.0 Å². The summed E-state index contributed by atoms with van der Waals surface area (Å²) in [6, 6.07) is -3.20. The molecule has 0 heterocycles. The topological polar surface area (TPSA) is 171 Å². The molecule has 3 amide bonds. The Kier molecular flexibility index (Phi) is 11.2. The molecule has 0 aromatic rings. The van der Waals surface area contributed by atoms with Gasteiger partial charge in [0.15, 0.2) is 0 Å². The number of hydrogen-bond acceptors (Lipinski definition) is 6. The third-order valence-corrected chi connectivity index (χ3v) is 3.64. The fourth-order valence-electron chi connectivity index (χ4n) is 2.32. The quantitative estimate of drug-likeness (QED) is 0.238. The molecule has 0 rings (SSSR count). The second kappa shape index (κ2) is 12.2. The van der Waals surface area contributed by atoms with Crippen LogP contribution in [0.1, 0.15) is 40.5 Å². The first-order valence-electron chi connectivity index (χ1n) is 8.94. The van der Waals surface area contributed by atoms with Gasteiger partial charge < -0.3 is 31.9 Å². The van der Waals surface area contributed by atoms with Crippen molar-refractivity contribution in [2.24, 2.45) is 17.6 Å². The minimum atomic E-state index is -1.33. The molecule has 10 nitrogen and oxygen atoms in total. The van der Waals surface area contributed by atoms with Crippen LogP contribution in [-0.2, 0) is 19.2 Å². The maximum absolute atomic E-state index is 12.1. The summed E-state index contributed by atoms with van der Waals surface area (Å²) < 4.78 is 0. The molecule has 7 N–H and O–H groups in total. The van der Waals surface area contributed by atoms with Crippen molar-refractivity contribution in [3.05, 3.63) is 0 Å². The lowest BCUT2D eigenvalue weighted by Crippen LogP contribution is -2.55. The van der Waals surface area contributed by atoms with E-state index in [4.69, 9.17) is 10.8 Å². The number of nitrogens with two attached hydrogens (primary N) is 1. The first-order valence-corrected chi connectivity index (χ1v) is 8.94. The molecule has 10 heteroatoms. The Bertz CT molecular complexity index is 524. The van der Waals surface area contributed by atoms with E-state index in [1.165, 1.54) is 0 Å². The minimum absolute atomic E-state index is 0.0267. The number of rotatable bonds is 12. The van der Waals surface area contributed by atoms with Crippen molar-refractivity contribution < 1.29 is 29.4 Å². The number of amides is 3. The van der Waals surface area contributed by atoms with Gasteiger partial charge in [-0.25, -0.2) is 4.79 Å². The van der Waals surface area contributed by atoms with E-state index in [0.29, 0.717) is 6.42 Å². The van der Waals surface area contributed by atoms with Crippen LogP contribution in [-0.4, -0.2) is 65.2 Å². The molecule has 0 radical (unpaired) electrons. The van der Waals surface area contributed by atoms with E-state index in [9.17, 15) is 24.3 Å². The normalized spacial score (nSPS) is 14.4. The zero-order valence-electron chi connectivity index (χ0n) is 16.3. The molecule has 0 aliphatic heterocycles. The molecule has 0 aliphatic rings. The van der Waals surface area contributed by atoms with Crippen LogP contribution in [0.25, 0.3) is 0 Å². The van der Waals surface area contributed by atoms with Gasteiger partial charge in [-0.3, -0.25) is 14.4 Å². The highest BCUT2D eigenvalue weighted by Gasteiger charge is 2.27. The van der Waals surface area contributed by atoms with Gasteiger partial charge in [0.1, 0.15) is 12.1 Å². The van der Waals surface area contributed by atoms with Crippen LogP contribution in [0, 0.1) is 11.8 Å². The summed E-state index contributed by atoms with van der Waals surface area (Å²) in [7, 11) is 0. The van der Waals surface area contributed by atoms with Gasteiger partial charge in [-0.15, -0.1) is 0 Å². The van der Waals surface area contributed by atoms with Crippen LogP contribution in [0.2, 0.25) is 0 Å². The van der Waals surface area contributed by atoms with Crippen LogP contribution in [0.5, 0.6) is 0 Å². The summed E-state index contributed by atoms with van der Waals surface area (Å²) in [5, 5.41) is 25.4. The summed E-state index contributed by atoms with van der Waals surface area (Å²) in [6.07, 6.45) is 0.665. The van der Waals surface area contributed by atoms with E-state index in [-0.39, 0.29) is 18.3 Å². The van der Waals surface area contributed by atoms with Crippen LogP contribution < -0.4 is 21.7 Å². The maximum atomic E-state index is 12.1. The van der Waals surface area contributed by atoms with E-state index >= 15 is 0 Å². The summed E-state index contributed by atoms with van der Waals surface area (Å²) in [5.41, 5.74) is 5.70. The van der Waals surface area contributed by atoms with Crippen molar-refractivity contribution in [1.29, 1.82) is 0 Å². The Morgan fingerprint density at radius 1 is 0.889 bits per heavy atom. The fourth-order valence-corrected chi connectivity index (χ4v) is 2.32. The minimum Gasteiger partial charge on any atom is -0.480 e. The third-order valence-electron chi connectivity index (χ3n) is 3.64. The second-order valence-electron chi connectivity index (χ2n) is 7.29. The third kappa shape index (κ3) is 10.5. The van der Waals surface area contributed by atoms with Crippen LogP contribution >= 0.6 is 0 Å². The lowest BCUT2D eigenvalue weighted by Gasteiger charge is -2.21. The zero-order chi connectivity index (χ0) is 21.1. The molecule has 27 heavy (non-hydrogen) atoms. The average Bonchev–Trinajstić information content (AvgIpc) is 2.55. The molecule has 0 aliphatic carbocycles. The van der Waals surface area contributed by atoms with Gasteiger partial charge in [0.2, 0.25) is 17.7 Å². The molecule has 0 unspecified atom stereocenters. The molecule has 0 saturated heterocycles. The maximum Gasteiger partial charge on any atom is 0.326 e. The van der Waals surface area contributed by atoms with E-state index in [2.05, 4.69) is 16.0 Å². The number of carbonyl (C=O) groups is 4. The highest BCUT2D eigenvalue weighted by atomic mass is 16.4. The molecule has 156 valence electrons. The highest BCUT2D eigenvalue weighted by Crippen LogP contribution is 2.05. The monoisotopic (exact) mass is 388 g/mol. The molecular weight excluding hydrogens is 356 g/mol. The van der Waals surface area contributed by atoms with Crippen LogP contribution in [0.3, 0.4) is 0 Å². The van der Waals surface area contributed by atoms with E-state index in [0.717, 1.165) is 0 Å². The van der Waals surface area contributed by atoms with Crippen LogP contribution in [0.15, 0.2) is 0 Å². The number of carbonyl (C=O) groups excluding carboxylic acids is 3. The smallest absolute Gasteiger partial charge is 0.326 e. The van der Waals surface area contributed by atoms with Gasteiger partial charge in [0.25, 0.3) is 0 Å². The number of aliphatic hydroxyl groups is 1. The summed E-state index contributed by atoms with van der Waals surface area (Å²) in [5.74, 6) is -2.97. The molecule has 3 atom stereocenters. The summed E-state index contributed by atoms with van der Waals surface area (Å²) in [6.45, 7) is 6.30. The van der Waals surface area contributed by atoms with Gasteiger partial charge in [-0.1, -0.05) is 27.7 Å². The first-order chi connectivity index (χ1) is 12.5. The van der Waals surface area contributed by atoms with Crippen molar-refractivity contribution in [2.45, 2.75) is 58.7 Å². The molecule has 0 spiro atoms. The molecule has 0 aromatic heterocycles. The Labute approximate surface area is 159 Å². The van der Waals surface area contributed by atoms with Crippen molar-refractivity contribution in [3.63, 3.8) is 0 Å². The van der Waals surface area contributed by atoms with Crippen molar-refractivity contribution in [1.82, 2.24) is 16.0 Å².